The van der Waals surface area contributed by atoms with Gasteiger partial charge >= 0.3 is 7.12 Å². The third-order valence-corrected chi connectivity index (χ3v) is 4.75. The van der Waals surface area contributed by atoms with Crippen LogP contribution >= 0.6 is 0 Å². The summed E-state index contributed by atoms with van der Waals surface area (Å²) in [6.07, 6.45) is 2.13. The van der Waals surface area contributed by atoms with Crippen LogP contribution in [0.1, 0.15) is 47.5 Å². The Morgan fingerprint density at radius 3 is 2.26 bits per heavy atom. The molecule has 1 atom stereocenters. The number of nitrogens with one attached hydrogen (secondary N) is 1. The van der Waals surface area contributed by atoms with Crippen LogP contribution in [0.3, 0.4) is 0 Å². The first-order chi connectivity index (χ1) is 8.74. The molecule has 0 spiro atoms. The maximum atomic E-state index is 14.6. The second-order valence-electron chi connectivity index (χ2n) is 6.66. The van der Waals surface area contributed by atoms with Gasteiger partial charge in [0, 0.05) is 6.54 Å². The van der Waals surface area contributed by atoms with E-state index in [1.807, 2.05) is 34.6 Å². The Bertz CT molecular complexity index is 360. The molecule has 0 aromatic heterocycles. The molecule has 3 nitrogen and oxygen atoms in total. The van der Waals surface area contributed by atoms with Crippen LogP contribution in [0.4, 0.5) is 4.39 Å². The maximum absolute atomic E-state index is 14.6. The van der Waals surface area contributed by atoms with Crippen molar-refractivity contribution in [1.29, 1.82) is 0 Å². The first-order valence-electron chi connectivity index (χ1n) is 7.17. The summed E-state index contributed by atoms with van der Waals surface area (Å²) >= 11 is 0. The largest absolute Gasteiger partial charge is 0.525 e. The molecular weight excluding hydrogens is 244 g/mol. The molecule has 0 bridgehead atoms. The lowest BCUT2D eigenvalue weighted by atomic mass is 9.80. The van der Waals surface area contributed by atoms with Crippen molar-refractivity contribution in [1.82, 2.24) is 5.32 Å². The van der Waals surface area contributed by atoms with Crippen molar-refractivity contribution in [3.05, 3.63) is 11.3 Å². The number of rotatable bonds is 2. The zero-order valence-electron chi connectivity index (χ0n) is 12.7. The van der Waals surface area contributed by atoms with Crippen LogP contribution < -0.4 is 5.32 Å². The first kappa shape index (κ1) is 15.0. The Morgan fingerprint density at radius 1 is 1.21 bits per heavy atom. The first-order valence-corrected chi connectivity index (χ1v) is 7.17. The van der Waals surface area contributed by atoms with Gasteiger partial charge in [0.25, 0.3) is 0 Å². The van der Waals surface area contributed by atoms with E-state index in [1.54, 1.807) is 0 Å². The van der Waals surface area contributed by atoms with E-state index in [-0.39, 0.29) is 11.6 Å². The predicted molar refractivity (Wildman–Crippen MR) is 75.5 cm³/mol. The molecule has 0 aromatic rings. The molecule has 2 fully saturated rings. The van der Waals surface area contributed by atoms with Gasteiger partial charge in [0.15, 0.2) is 0 Å². The maximum Gasteiger partial charge on any atom is 0.525 e. The highest BCUT2D eigenvalue weighted by Crippen LogP contribution is 2.40. The van der Waals surface area contributed by atoms with Gasteiger partial charge in [-0.05, 0) is 65.5 Å². The summed E-state index contributed by atoms with van der Waals surface area (Å²) in [5.41, 5.74) is -0.446. The molecule has 2 saturated heterocycles. The average molecular weight is 269 g/mol. The summed E-state index contributed by atoms with van der Waals surface area (Å²) in [7, 11) is -0.855. The minimum absolute atomic E-state index is 0.243. The fourth-order valence-electron chi connectivity index (χ4n) is 2.55. The molecule has 0 aliphatic carbocycles. The molecule has 108 valence electrons. The van der Waals surface area contributed by atoms with Crippen LogP contribution in [-0.4, -0.2) is 31.4 Å². The van der Waals surface area contributed by atoms with Gasteiger partial charge in [-0.15, -0.1) is 0 Å². The van der Waals surface area contributed by atoms with E-state index in [2.05, 4.69) is 5.32 Å². The quantitative estimate of drug-likeness (QED) is 0.782. The van der Waals surface area contributed by atoms with Gasteiger partial charge in [0.05, 0.1) is 11.2 Å². The molecule has 2 aliphatic heterocycles. The third-order valence-electron chi connectivity index (χ3n) is 4.75. The molecule has 1 unspecified atom stereocenters. The predicted octanol–water partition coefficient (Wildman–Crippen LogP) is 2.86. The molecule has 0 saturated carbocycles. The Morgan fingerprint density at radius 2 is 1.79 bits per heavy atom. The minimum atomic E-state index is -0.855. The normalized spacial score (nSPS) is 31.3. The van der Waals surface area contributed by atoms with E-state index in [0.717, 1.165) is 31.5 Å². The van der Waals surface area contributed by atoms with Crippen molar-refractivity contribution in [2.75, 3.05) is 13.1 Å². The van der Waals surface area contributed by atoms with E-state index >= 15 is 0 Å². The Labute approximate surface area is 116 Å². The van der Waals surface area contributed by atoms with Gasteiger partial charge < -0.3 is 14.6 Å². The lowest BCUT2D eigenvalue weighted by Crippen LogP contribution is -2.41. The van der Waals surface area contributed by atoms with Crippen molar-refractivity contribution in [3.8, 4) is 0 Å². The SMILES string of the molecule is CC(=C(F)B1OC(C)(C)C(C)(C)O1)C1CCCNC1. The van der Waals surface area contributed by atoms with Gasteiger partial charge in [-0.3, -0.25) is 0 Å². The summed E-state index contributed by atoms with van der Waals surface area (Å²) in [6, 6.07) is 0. The van der Waals surface area contributed by atoms with Crippen LogP contribution in [0.15, 0.2) is 11.3 Å². The van der Waals surface area contributed by atoms with E-state index in [0.29, 0.717) is 0 Å². The van der Waals surface area contributed by atoms with Crippen molar-refractivity contribution in [2.45, 2.75) is 58.7 Å². The smallest absolute Gasteiger partial charge is 0.398 e. The van der Waals surface area contributed by atoms with Crippen molar-refractivity contribution < 1.29 is 13.7 Å². The van der Waals surface area contributed by atoms with Gasteiger partial charge in [0.1, 0.15) is 5.73 Å². The number of hydrogen-bond acceptors (Lipinski definition) is 3. The van der Waals surface area contributed by atoms with Gasteiger partial charge in [-0.1, -0.05) is 0 Å². The summed E-state index contributed by atoms with van der Waals surface area (Å²) in [6.45, 7) is 11.5. The van der Waals surface area contributed by atoms with Crippen LogP contribution in [0.5, 0.6) is 0 Å². The van der Waals surface area contributed by atoms with Crippen LogP contribution in [0.25, 0.3) is 0 Å². The summed E-state index contributed by atoms with van der Waals surface area (Å²) in [5.74, 6) is 0.257. The number of piperidine rings is 1. The van der Waals surface area contributed by atoms with E-state index in [4.69, 9.17) is 9.31 Å². The lowest BCUT2D eigenvalue weighted by Gasteiger charge is -2.32. The van der Waals surface area contributed by atoms with Gasteiger partial charge in [-0.25, -0.2) is 4.39 Å². The molecule has 0 amide bonds. The second-order valence-corrected chi connectivity index (χ2v) is 6.66. The second kappa shape index (κ2) is 5.19. The van der Waals surface area contributed by atoms with Gasteiger partial charge in [0.2, 0.25) is 0 Å². The summed E-state index contributed by atoms with van der Waals surface area (Å²) in [5, 5.41) is 3.31. The topological polar surface area (TPSA) is 30.5 Å². The summed E-state index contributed by atoms with van der Waals surface area (Å²) in [4.78, 5) is 0. The van der Waals surface area contributed by atoms with Crippen molar-refractivity contribution >= 4 is 7.12 Å². The van der Waals surface area contributed by atoms with Crippen LogP contribution in [-0.2, 0) is 9.31 Å². The van der Waals surface area contributed by atoms with E-state index in [9.17, 15) is 4.39 Å². The highest BCUT2D eigenvalue weighted by molar-refractivity contribution is 6.53. The number of halogens is 1. The van der Waals surface area contributed by atoms with Crippen molar-refractivity contribution in [3.63, 3.8) is 0 Å². The van der Waals surface area contributed by atoms with E-state index < -0.39 is 18.3 Å². The third kappa shape index (κ3) is 2.88. The zero-order valence-corrected chi connectivity index (χ0v) is 12.7. The molecular formula is C14H25BFNO2. The Kier molecular flexibility index (Phi) is 4.10. The molecule has 2 aliphatic rings. The van der Waals surface area contributed by atoms with Gasteiger partial charge in [-0.2, -0.15) is 0 Å². The molecule has 19 heavy (non-hydrogen) atoms. The lowest BCUT2D eigenvalue weighted by molar-refractivity contribution is 0.00578. The molecule has 0 aromatic carbocycles. The van der Waals surface area contributed by atoms with Crippen LogP contribution in [0, 0.1) is 5.92 Å². The van der Waals surface area contributed by atoms with Crippen molar-refractivity contribution in [2.24, 2.45) is 5.92 Å². The monoisotopic (exact) mass is 269 g/mol. The standard InChI is InChI=1S/C14H25BFNO2/c1-10(11-7-6-8-17-9-11)12(16)15-18-13(2,3)14(4,5)19-15/h11,17H,6-9H2,1-5H3. The molecule has 5 heteroatoms. The Balaban J connectivity index is 2.13. The molecule has 0 radical (unpaired) electrons. The Hall–Kier alpha value is -0.385. The molecule has 1 N–H and O–H groups in total. The highest BCUT2D eigenvalue weighted by Gasteiger charge is 2.53. The highest BCUT2D eigenvalue weighted by atomic mass is 19.1. The van der Waals surface area contributed by atoms with E-state index in [1.165, 1.54) is 0 Å². The minimum Gasteiger partial charge on any atom is -0.398 e. The molecule has 2 heterocycles. The zero-order chi connectivity index (χ0) is 14.3. The van der Waals surface area contributed by atoms with Crippen LogP contribution in [0.2, 0.25) is 0 Å². The number of hydrogen-bond donors (Lipinski definition) is 1. The molecule has 2 rings (SSSR count). The fraction of sp³-hybridized carbons (Fsp3) is 0.857. The summed E-state index contributed by atoms with van der Waals surface area (Å²) < 4.78 is 26.1. The average Bonchev–Trinajstić information content (AvgIpc) is 2.58. The fourth-order valence-corrected chi connectivity index (χ4v) is 2.55.